The monoisotopic (exact) mass is 402 g/mol. The lowest BCUT2D eigenvalue weighted by molar-refractivity contribution is -0.236. The van der Waals surface area contributed by atoms with Crippen LogP contribution in [0.4, 0.5) is 0 Å². The molecule has 0 amide bonds. The summed E-state index contributed by atoms with van der Waals surface area (Å²) in [6, 6.07) is 0. The molecule has 1 aromatic rings. The standard InChI is InChI=1S/C16H20O8P2/c1-5-15(6-2,7-3)9-11-13-10-14(12(9)20-25(17,19-11)21-13)22-26(18)23-16(10,8-4)24-26/h5-8H2,1-4H3. The van der Waals surface area contributed by atoms with Gasteiger partial charge in [-0.25, -0.2) is 13.6 Å². The van der Waals surface area contributed by atoms with Gasteiger partial charge in [-0.3, -0.25) is 0 Å². The van der Waals surface area contributed by atoms with E-state index in [0.29, 0.717) is 23.5 Å². The second-order valence-corrected chi connectivity index (χ2v) is 9.84. The first-order valence-electron chi connectivity index (χ1n) is 8.93. The molecule has 1 fully saturated rings. The van der Waals surface area contributed by atoms with Gasteiger partial charge in [-0.15, -0.1) is 0 Å². The van der Waals surface area contributed by atoms with Crippen LogP contribution in [0, 0.1) is 0 Å². The maximum Gasteiger partial charge on any atom is 0.647 e. The van der Waals surface area contributed by atoms with Gasteiger partial charge in [0.05, 0.1) is 5.56 Å². The van der Waals surface area contributed by atoms with Crippen LogP contribution in [0.1, 0.15) is 64.5 Å². The third-order valence-electron chi connectivity index (χ3n) is 6.06. The van der Waals surface area contributed by atoms with E-state index in [4.69, 9.17) is 27.1 Å². The number of benzene rings is 1. The Bertz CT molecular complexity index is 917. The van der Waals surface area contributed by atoms with Crippen molar-refractivity contribution in [3.8, 4) is 23.0 Å². The van der Waals surface area contributed by atoms with E-state index < -0.39 is 21.4 Å². The Morgan fingerprint density at radius 2 is 1.23 bits per heavy atom. The van der Waals surface area contributed by atoms with Crippen LogP contribution >= 0.6 is 15.6 Å². The summed E-state index contributed by atoms with van der Waals surface area (Å²) in [4.78, 5) is 0. The largest absolute Gasteiger partial charge is 0.647 e. The molecule has 5 heterocycles. The Morgan fingerprint density at radius 1 is 0.769 bits per heavy atom. The van der Waals surface area contributed by atoms with Gasteiger partial charge in [0, 0.05) is 11.8 Å². The van der Waals surface area contributed by atoms with Crippen molar-refractivity contribution in [3.63, 3.8) is 0 Å². The minimum absolute atomic E-state index is 0.252. The maximum absolute atomic E-state index is 12.8. The summed E-state index contributed by atoms with van der Waals surface area (Å²) in [6.45, 7) is 8.08. The first-order valence-corrected chi connectivity index (χ1v) is 11.8. The van der Waals surface area contributed by atoms with E-state index in [1.165, 1.54) is 0 Å². The Hall–Kier alpha value is -1.20. The molecule has 1 saturated heterocycles. The van der Waals surface area contributed by atoms with Gasteiger partial charge in [0.1, 0.15) is 5.56 Å². The highest BCUT2D eigenvalue weighted by molar-refractivity contribution is 7.51. The molecule has 0 N–H and O–H groups in total. The number of phosphoric ester groups is 2. The minimum Gasteiger partial charge on any atom is -0.399 e. The summed E-state index contributed by atoms with van der Waals surface area (Å²) >= 11 is 0. The molecule has 0 spiro atoms. The van der Waals surface area contributed by atoms with Crippen molar-refractivity contribution in [2.24, 2.45) is 0 Å². The van der Waals surface area contributed by atoms with Crippen LogP contribution in [0.2, 0.25) is 0 Å². The summed E-state index contributed by atoms with van der Waals surface area (Å²) < 4.78 is 58.8. The predicted octanol–water partition coefficient (Wildman–Crippen LogP) is 5.54. The van der Waals surface area contributed by atoms with E-state index in [1.807, 2.05) is 6.92 Å². The molecule has 1 atom stereocenters. The topological polar surface area (TPSA) is 89.5 Å². The lowest BCUT2D eigenvalue weighted by Crippen LogP contribution is -2.45. The van der Waals surface area contributed by atoms with Crippen molar-refractivity contribution in [3.05, 3.63) is 11.1 Å². The highest BCUT2D eigenvalue weighted by Gasteiger charge is 2.69. The molecule has 0 aromatic heterocycles. The summed E-state index contributed by atoms with van der Waals surface area (Å²) in [5.74, 6) is -0.0403. The zero-order valence-electron chi connectivity index (χ0n) is 15.0. The Labute approximate surface area is 151 Å². The summed E-state index contributed by atoms with van der Waals surface area (Å²) in [6.07, 6.45) is 2.84. The van der Waals surface area contributed by atoms with Gasteiger partial charge < -0.3 is 18.1 Å². The van der Waals surface area contributed by atoms with E-state index in [2.05, 4.69) is 20.8 Å². The lowest BCUT2D eigenvalue weighted by atomic mass is 9.72. The molecule has 0 radical (unpaired) electrons. The van der Waals surface area contributed by atoms with Crippen LogP contribution in [-0.2, 0) is 29.4 Å². The highest BCUT2D eigenvalue weighted by Crippen LogP contribution is 2.82. The van der Waals surface area contributed by atoms with Gasteiger partial charge >= 0.3 is 15.6 Å². The molecule has 1 unspecified atom stereocenters. The molecule has 5 aliphatic heterocycles. The molecule has 0 saturated carbocycles. The fraction of sp³-hybridized carbons (Fsp3) is 0.625. The van der Waals surface area contributed by atoms with Gasteiger partial charge in [-0.05, 0) is 19.3 Å². The third kappa shape index (κ3) is 1.74. The van der Waals surface area contributed by atoms with E-state index in [-0.39, 0.29) is 16.9 Å². The smallest absolute Gasteiger partial charge is 0.399 e. The Kier molecular flexibility index (Phi) is 3.12. The number of hydrogen-bond donors (Lipinski definition) is 0. The van der Waals surface area contributed by atoms with Crippen LogP contribution < -0.4 is 18.1 Å². The third-order valence-corrected chi connectivity index (χ3v) is 8.72. The lowest BCUT2D eigenvalue weighted by Gasteiger charge is -2.49. The van der Waals surface area contributed by atoms with Crippen molar-refractivity contribution in [1.29, 1.82) is 0 Å². The van der Waals surface area contributed by atoms with E-state index in [0.717, 1.165) is 24.8 Å². The minimum atomic E-state index is -3.81. The first-order chi connectivity index (χ1) is 12.3. The SMILES string of the molecule is CCC(CC)(CC)c1c2c3c4c(c1OP(=O)(O2)O3)OP1(=O)OC4(CC)O1. The molecule has 5 bridgehead atoms. The van der Waals surface area contributed by atoms with Gasteiger partial charge in [-0.1, -0.05) is 27.7 Å². The predicted molar refractivity (Wildman–Crippen MR) is 90.9 cm³/mol. The molecular weight excluding hydrogens is 382 g/mol. The van der Waals surface area contributed by atoms with Gasteiger partial charge in [0.2, 0.25) is 5.79 Å². The first kappa shape index (κ1) is 16.9. The van der Waals surface area contributed by atoms with Crippen molar-refractivity contribution in [2.75, 3.05) is 0 Å². The summed E-state index contributed by atoms with van der Waals surface area (Å²) in [5.41, 5.74) is 0.913. The van der Waals surface area contributed by atoms with Gasteiger partial charge in [0.15, 0.2) is 23.0 Å². The molecule has 10 heteroatoms. The normalized spacial score (nSPS) is 34.9. The number of phosphoric acid groups is 2. The van der Waals surface area contributed by atoms with Crippen LogP contribution in [-0.4, -0.2) is 0 Å². The van der Waals surface area contributed by atoms with Crippen molar-refractivity contribution in [2.45, 2.75) is 64.6 Å². The molecule has 142 valence electrons. The Morgan fingerprint density at radius 3 is 1.69 bits per heavy atom. The van der Waals surface area contributed by atoms with Crippen LogP contribution in [0.25, 0.3) is 0 Å². The van der Waals surface area contributed by atoms with Gasteiger partial charge in [-0.2, -0.15) is 4.57 Å². The number of fused-ring (bicyclic) bond motifs is 2. The zero-order valence-corrected chi connectivity index (χ0v) is 16.8. The van der Waals surface area contributed by atoms with E-state index in [9.17, 15) is 9.13 Å². The maximum atomic E-state index is 12.8. The van der Waals surface area contributed by atoms with Crippen LogP contribution in [0.5, 0.6) is 23.0 Å². The molecule has 0 aliphatic carbocycles. The quantitative estimate of drug-likeness (QED) is 0.594. The summed E-state index contributed by atoms with van der Waals surface area (Å²) in [7, 11) is -7.48. The molecule has 8 nitrogen and oxygen atoms in total. The Balaban J connectivity index is 1.87. The van der Waals surface area contributed by atoms with E-state index >= 15 is 0 Å². The fourth-order valence-electron chi connectivity index (χ4n) is 4.42. The molecule has 26 heavy (non-hydrogen) atoms. The second-order valence-electron chi connectivity index (χ2n) is 6.96. The van der Waals surface area contributed by atoms with E-state index in [1.54, 1.807) is 0 Å². The van der Waals surface area contributed by atoms with Gasteiger partial charge in [0.25, 0.3) is 0 Å². The average molecular weight is 402 g/mol. The molecule has 6 rings (SSSR count). The summed E-state index contributed by atoms with van der Waals surface area (Å²) in [5, 5.41) is 0. The van der Waals surface area contributed by atoms with Crippen molar-refractivity contribution < 1.29 is 36.3 Å². The number of hydrogen-bond acceptors (Lipinski definition) is 8. The molecule has 1 aromatic carbocycles. The second kappa shape index (κ2) is 4.79. The van der Waals surface area contributed by atoms with Crippen LogP contribution in [0.3, 0.4) is 0 Å². The molecule has 5 aliphatic rings. The average Bonchev–Trinajstić information content (AvgIpc) is 2.81. The fourth-order valence-corrected chi connectivity index (χ4v) is 7.38. The van der Waals surface area contributed by atoms with Crippen molar-refractivity contribution in [1.82, 2.24) is 0 Å². The number of rotatable bonds is 5. The molecular formula is C16H20O8P2. The highest BCUT2D eigenvalue weighted by atomic mass is 31.2. The van der Waals surface area contributed by atoms with Crippen LogP contribution in [0.15, 0.2) is 0 Å². The van der Waals surface area contributed by atoms with Crippen molar-refractivity contribution >= 4 is 15.6 Å². The zero-order chi connectivity index (χ0) is 18.5.